The molecule has 2 aromatic rings. The van der Waals surface area contributed by atoms with Gasteiger partial charge in [-0.3, -0.25) is 0 Å². The average molecular weight is 280 g/mol. The number of anilines is 1. The first-order valence-corrected chi connectivity index (χ1v) is 6.22. The van der Waals surface area contributed by atoms with Gasteiger partial charge < -0.3 is 10.6 Å². The fourth-order valence-electron chi connectivity index (χ4n) is 2.14. The number of rotatable bonds is 4. The molecule has 0 aliphatic rings. The molecule has 5 heteroatoms. The standard InChI is InChI=1S/C14H14F2N2S/c1-18(8-13(15)16)12-7-6-11(14(17)19)9-4-2-3-5-10(9)12/h2-7,13H,8H2,1H3,(H2,17,19). The number of fused-ring (bicyclic) bond motifs is 1. The van der Waals surface area contributed by atoms with Crippen molar-refractivity contribution in [2.75, 3.05) is 18.5 Å². The summed E-state index contributed by atoms with van der Waals surface area (Å²) in [7, 11) is 1.65. The molecule has 0 unspecified atom stereocenters. The third-order valence-corrected chi connectivity index (χ3v) is 3.21. The van der Waals surface area contributed by atoms with Crippen molar-refractivity contribution in [3.63, 3.8) is 0 Å². The molecule has 0 saturated carbocycles. The summed E-state index contributed by atoms with van der Waals surface area (Å²) in [5.74, 6) is 0. The van der Waals surface area contributed by atoms with Gasteiger partial charge >= 0.3 is 0 Å². The summed E-state index contributed by atoms with van der Waals surface area (Å²) in [5.41, 5.74) is 7.19. The Hall–Kier alpha value is -1.75. The van der Waals surface area contributed by atoms with Crippen LogP contribution in [0.25, 0.3) is 10.8 Å². The van der Waals surface area contributed by atoms with Crippen LogP contribution in [-0.2, 0) is 0 Å². The second-order valence-electron chi connectivity index (χ2n) is 4.31. The Bertz CT molecular complexity index is 613. The van der Waals surface area contributed by atoms with Crippen LogP contribution in [0.5, 0.6) is 0 Å². The molecule has 0 amide bonds. The highest BCUT2D eigenvalue weighted by atomic mass is 32.1. The number of hydrogen-bond donors (Lipinski definition) is 1. The molecule has 0 saturated heterocycles. The van der Waals surface area contributed by atoms with Gasteiger partial charge in [0.05, 0.1) is 6.54 Å². The normalized spacial score (nSPS) is 10.9. The molecule has 100 valence electrons. The molecule has 0 aliphatic carbocycles. The summed E-state index contributed by atoms with van der Waals surface area (Å²) in [6.45, 7) is -0.309. The van der Waals surface area contributed by atoms with Crippen LogP contribution in [0.4, 0.5) is 14.5 Å². The SMILES string of the molecule is CN(CC(F)F)c1ccc(C(N)=S)c2ccccc12. The Morgan fingerprint density at radius 2 is 1.84 bits per heavy atom. The Kier molecular flexibility index (Phi) is 3.95. The van der Waals surface area contributed by atoms with Gasteiger partial charge in [0.2, 0.25) is 0 Å². The largest absolute Gasteiger partial charge is 0.389 e. The zero-order valence-electron chi connectivity index (χ0n) is 10.4. The van der Waals surface area contributed by atoms with Crippen LogP contribution < -0.4 is 10.6 Å². The Morgan fingerprint density at radius 1 is 1.21 bits per heavy atom. The first-order valence-electron chi connectivity index (χ1n) is 5.81. The highest BCUT2D eigenvalue weighted by Crippen LogP contribution is 2.29. The summed E-state index contributed by atoms with van der Waals surface area (Å²) >= 11 is 5.01. The van der Waals surface area contributed by atoms with Gasteiger partial charge in [0, 0.05) is 23.7 Å². The summed E-state index contributed by atoms with van der Waals surface area (Å²) in [6, 6.07) is 11.1. The monoisotopic (exact) mass is 280 g/mol. The van der Waals surface area contributed by atoms with E-state index in [4.69, 9.17) is 18.0 Å². The van der Waals surface area contributed by atoms with Crippen LogP contribution in [0.1, 0.15) is 5.56 Å². The average Bonchev–Trinajstić information content (AvgIpc) is 2.36. The van der Waals surface area contributed by atoms with E-state index in [0.717, 1.165) is 22.0 Å². The van der Waals surface area contributed by atoms with E-state index in [1.807, 2.05) is 24.3 Å². The van der Waals surface area contributed by atoms with Gasteiger partial charge in [-0.2, -0.15) is 0 Å². The fraction of sp³-hybridized carbons (Fsp3) is 0.214. The maximum absolute atomic E-state index is 12.5. The number of halogens is 2. The number of nitrogens with two attached hydrogens (primary N) is 1. The summed E-state index contributed by atoms with van der Waals surface area (Å²) in [5, 5.41) is 1.75. The second kappa shape index (κ2) is 5.48. The van der Waals surface area contributed by atoms with Crippen LogP contribution >= 0.6 is 12.2 Å². The molecule has 0 spiro atoms. The van der Waals surface area contributed by atoms with Gasteiger partial charge in [-0.1, -0.05) is 36.5 Å². The molecule has 0 atom stereocenters. The molecule has 0 bridgehead atoms. The number of alkyl halides is 2. The molecular formula is C14H14F2N2S. The van der Waals surface area contributed by atoms with E-state index in [1.165, 1.54) is 4.90 Å². The van der Waals surface area contributed by atoms with Crippen molar-refractivity contribution in [3.8, 4) is 0 Å². The van der Waals surface area contributed by atoms with Gasteiger partial charge in [-0.15, -0.1) is 0 Å². The molecule has 2 N–H and O–H groups in total. The van der Waals surface area contributed by atoms with Crippen LogP contribution in [0.2, 0.25) is 0 Å². The van der Waals surface area contributed by atoms with E-state index < -0.39 is 6.43 Å². The lowest BCUT2D eigenvalue weighted by Crippen LogP contribution is -2.24. The van der Waals surface area contributed by atoms with Crippen LogP contribution in [0.15, 0.2) is 36.4 Å². The van der Waals surface area contributed by atoms with Gasteiger partial charge in [0.1, 0.15) is 4.99 Å². The molecule has 2 rings (SSSR count). The minimum atomic E-state index is -2.38. The van der Waals surface area contributed by atoms with E-state index in [0.29, 0.717) is 4.99 Å². The third kappa shape index (κ3) is 2.81. The fourth-order valence-corrected chi connectivity index (χ4v) is 2.31. The molecule has 0 aliphatic heterocycles. The number of hydrogen-bond acceptors (Lipinski definition) is 2. The number of nitrogens with zero attached hydrogens (tertiary/aromatic N) is 1. The lowest BCUT2D eigenvalue weighted by atomic mass is 10.0. The lowest BCUT2D eigenvalue weighted by Gasteiger charge is -2.21. The first kappa shape index (κ1) is 13.7. The molecule has 0 heterocycles. The van der Waals surface area contributed by atoms with Crippen LogP contribution in [0.3, 0.4) is 0 Å². The molecule has 0 aromatic heterocycles. The minimum absolute atomic E-state index is 0.305. The highest BCUT2D eigenvalue weighted by Gasteiger charge is 2.13. The molecule has 2 aromatic carbocycles. The Labute approximate surface area is 115 Å². The van der Waals surface area contributed by atoms with Crippen molar-refractivity contribution in [2.45, 2.75) is 6.43 Å². The summed E-state index contributed by atoms with van der Waals surface area (Å²) in [4.78, 5) is 1.84. The second-order valence-corrected chi connectivity index (χ2v) is 4.75. The maximum atomic E-state index is 12.5. The first-order chi connectivity index (χ1) is 9.00. The van der Waals surface area contributed by atoms with Crippen LogP contribution in [-0.4, -0.2) is 25.0 Å². The van der Waals surface area contributed by atoms with E-state index in [2.05, 4.69) is 0 Å². The molecule has 0 radical (unpaired) electrons. The van der Waals surface area contributed by atoms with Crippen molar-refractivity contribution >= 4 is 33.7 Å². The van der Waals surface area contributed by atoms with Crippen molar-refractivity contribution in [3.05, 3.63) is 42.0 Å². The smallest absolute Gasteiger partial charge is 0.255 e. The van der Waals surface area contributed by atoms with Crippen molar-refractivity contribution in [1.82, 2.24) is 0 Å². The summed E-state index contributed by atoms with van der Waals surface area (Å²) < 4.78 is 25.0. The molecule has 2 nitrogen and oxygen atoms in total. The van der Waals surface area contributed by atoms with Gasteiger partial charge in [0.25, 0.3) is 6.43 Å². The van der Waals surface area contributed by atoms with E-state index >= 15 is 0 Å². The Balaban J connectivity index is 2.58. The number of thiocarbonyl (C=S) groups is 1. The third-order valence-electron chi connectivity index (χ3n) is 2.99. The van der Waals surface area contributed by atoms with Gasteiger partial charge in [-0.05, 0) is 17.5 Å². The van der Waals surface area contributed by atoms with Crippen molar-refractivity contribution in [2.24, 2.45) is 5.73 Å². The van der Waals surface area contributed by atoms with E-state index in [-0.39, 0.29) is 6.54 Å². The Morgan fingerprint density at radius 3 is 2.42 bits per heavy atom. The predicted molar refractivity (Wildman–Crippen MR) is 79.1 cm³/mol. The van der Waals surface area contributed by atoms with Gasteiger partial charge in [0.15, 0.2) is 0 Å². The zero-order chi connectivity index (χ0) is 14.0. The molecule has 19 heavy (non-hydrogen) atoms. The maximum Gasteiger partial charge on any atom is 0.255 e. The zero-order valence-corrected chi connectivity index (χ0v) is 11.3. The molecule has 0 fully saturated rings. The van der Waals surface area contributed by atoms with E-state index in [1.54, 1.807) is 19.2 Å². The quantitative estimate of drug-likeness (QED) is 0.872. The van der Waals surface area contributed by atoms with Crippen molar-refractivity contribution in [1.29, 1.82) is 0 Å². The van der Waals surface area contributed by atoms with Gasteiger partial charge in [-0.25, -0.2) is 8.78 Å². The van der Waals surface area contributed by atoms with Crippen LogP contribution in [0, 0.1) is 0 Å². The lowest BCUT2D eigenvalue weighted by molar-refractivity contribution is 0.156. The van der Waals surface area contributed by atoms with Crippen molar-refractivity contribution < 1.29 is 8.78 Å². The summed E-state index contributed by atoms with van der Waals surface area (Å²) in [6.07, 6.45) is -2.38. The number of benzene rings is 2. The molecular weight excluding hydrogens is 266 g/mol. The topological polar surface area (TPSA) is 29.3 Å². The predicted octanol–water partition coefficient (Wildman–Crippen LogP) is 3.18. The minimum Gasteiger partial charge on any atom is -0.389 e. The van der Waals surface area contributed by atoms with E-state index in [9.17, 15) is 8.78 Å². The highest BCUT2D eigenvalue weighted by molar-refractivity contribution is 7.80.